The van der Waals surface area contributed by atoms with Gasteiger partial charge in [0.15, 0.2) is 0 Å². The van der Waals surface area contributed by atoms with Gasteiger partial charge in [-0.2, -0.15) is 0 Å². The van der Waals surface area contributed by atoms with Crippen LogP contribution in [0.2, 0.25) is 0 Å². The number of carbonyl (C=O) groups excluding carboxylic acids is 3. The second-order valence-electron chi connectivity index (χ2n) is 7.33. The van der Waals surface area contributed by atoms with Crippen molar-refractivity contribution in [3.63, 3.8) is 0 Å². The third-order valence-corrected chi connectivity index (χ3v) is 4.61. The van der Waals surface area contributed by atoms with E-state index in [0.29, 0.717) is 45.4 Å². The van der Waals surface area contributed by atoms with E-state index in [1.165, 1.54) is 4.90 Å². The van der Waals surface area contributed by atoms with Crippen LogP contribution in [0, 0.1) is 0 Å². The highest BCUT2D eigenvalue weighted by molar-refractivity contribution is 5.87. The second-order valence-corrected chi connectivity index (χ2v) is 7.33. The average molecular weight is 432 g/mol. The molecule has 0 aromatic rings. The minimum Gasteiger partial charge on any atom is -0.448 e. The molecular weight excluding hydrogens is 390 g/mol. The summed E-state index contributed by atoms with van der Waals surface area (Å²) in [7, 11) is 0. The lowest BCUT2D eigenvalue weighted by atomic mass is 10.1. The Morgan fingerprint density at radius 1 is 0.867 bits per heavy atom. The van der Waals surface area contributed by atoms with Gasteiger partial charge in [0, 0.05) is 6.54 Å². The number of nitrogens with two attached hydrogens (primary N) is 5. The minimum absolute atomic E-state index is 0.0363. The van der Waals surface area contributed by atoms with E-state index in [2.05, 4.69) is 5.32 Å². The maximum atomic E-state index is 12.7. The molecule has 0 fully saturated rings. The van der Waals surface area contributed by atoms with Crippen molar-refractivity contribution in [3.8, 4) is 0 Å². The highest BCUT2D eigenvalue weighted by Crippen LogP contribution is 2.06. The molecule has 0 spiro atoms. The first kappa shape index (κ1) is 28.1. The Bertz CT molecular complexity index is 494. The zero-order valence-electron chi connectivity index (χ0n) is 18.0. The number of unbranched alkanes of at least 4 members (excludes halogenated alkanes) is 3. The summed E-state index contributed by atoms with van der Waals surface area (Å²) in [6, 6.07) is -1.09. The number of amides is 3. The van der Waals surface area contributed by atoms with Gasteiger partial charge < -0.3 is 43.6 Å². The average Bonchev–Trinajstić information content (AvgIpc) is 2.70. The molecule has 30 heavy (non-hydrogen) atoms. The highest BCUT2D eigenvalue weighted by atomic mass is 16.5. The van der Waals surface area contributed by atoms with Gasteiger partial charge in [-0.25, -0.2) is 4.79 Å². The Morgan fingerprint density at radius 3 is 2.00 bits per heavy atom. The molecule has 11 nitrogen and oxygen atoms in total. The summed E-state index contributed by atoms with van der Waals surface area (Å²) in [6.45, 7) is 1.81. The van der Waals surface area contributed by atoms with Crippen LogP contribution < -0.4 is 34.0 Å². The van der Waals surface area contributed by atoms with Crippen LogP contribution in [0.4, 0.5) is 4.79 Å². The Morgan fingerprint density at radius 2 is 1.43 bits per heavy atom. The minimum atomic E-state index is -0.907. The van der Waals surface area contributed by atoms with Crippen LogP contribution in [0.1, 0.15) is 51.4 Å². The topological polar surface area (TPSA) is 206 Å². The van der Waals surface area contributed by atoms with Crippen molar-refractivity contribution in [2.75, 3.05) is 39.3 Å². The number of primary amides is 1. The first-order valence-corrected chi connectivity index (χ1v) is 10.7. The van der Waals surface area contributed by atoms with Crippen LogP contribution in [0.5, 0.6) is 0 Å². The zero-order valence-corrected chi connectivity index (χ0v) is 18.0. The van der Waals surface area contributed by atoms with Gasteiger partial charge in [-0.05, 0) is 58.2 Å². The van der Waals surface area contributed by atoms with Gasteiger partial charge in [0.25, 0.3) is 0 Å². The second kappa shape index (κ2) is 17.9. The number of ether oxygens (including phenoxy) is 1. The van der Waals surface area contributed by atoms with Crippen LogP contribution in [0.3, 0.4) is 0 Å². The molecule has 0 rings (SSSR count). The van der Waals surface area contributed by atoms with Crippen molar-refractivity contribution in [1.29, 1.82) is 0 Å². The third-order valence-electron chi connectivity index (χ3n) is 4.61. The fourth-order valence-electron chi connectivity index (χ4n) is 2.94. The fourth-order valence-corrected chi connectivity index (χ4v) is 2.94. The van der Waals surface area contributed by atoms with Gasteiger partial charge in [0.2, 0.25) is 11.8 Å². The lowest BCUT2D eigenvalue weighted by molar-refractivity contribution is -0.137. The molecule has 0 aliphatic heterocycles. The van der Waals surface area contributed by atoms with E-state index >= 15 is 0 Å². The van der Waals surface area contributed by atoms with Gasteiger partial charge in [-0.3, -0.25) is 9.59 Å². The van der Waals surface area contributed by atoms with Crippen molar-refractivity contribution in [1.82, 2.24) is 10.2 Å². The summed E-state index contributed by atoms with van der Waals surface area (Å²) in [4.78, 5) is 37.7. The molecule has 0 radical (unpaired) electrons. The van der Waals surface area contributed by atoms with Crippen LogP contribution in [0.25, 0.3) is 0 Å². The summed E-state index contributed by atoms with van der Waals surface area (Å²) in [6.07, 6.45) is 4.68. The molecule has 0 aliphatic carbocycles. The maximum Gasteiger partial charge on any atom is 0.404 e. The molecule has 0 saturated heterocycles. The fraction of sp³-hybridized carbons (Fsp3) is 0.842. The van der Waals surface area contributed by atoms with Crippen LogP contribution >= 0.6 is 0 Å². The molecule has 176 valence electrons. The molecule has 3 amide bonds. The molecule has 11 heteroatoms. The van der Waals surface area contributed by atoms with E-state index in [-0.39, 0.29) is 25.0 Å². The van der Waals surface area contributed by atoms with E-state index in [9.17, 15) is 14.4 Å². The Hall–Kier alpha value is -1.95. The largest absolute Gasteiger partial charge is 0.448 e. The van der Waals surface area contributed by atoms with E-state index in [1.807, 2.05) is 0 Å². The van der Waals surface area contributed by atoms with Crippen LogP contribution in [-0.4, -0.2) is 74.2 Å². The molecule has 0 aromatic carbocycles. The van der Waals surface area contributed by atoms with Crippen molar-refractivity contribution in [2.45, 2.75) is 63.5 Å². The van der Waals surface area contributed by atoms with Gasteiger partial charge in [0.1, 0.15) is 6.61 Å². The van der Waals surface area contributed by atoms with Crippen molar-refractivity contribution < 1.29 is 19.1 Å². The molecule has 0 bridgehead atoms. The van der Waals surface area contributed by atoms with E-state index in [0.717, 1.165) is 32.1 Å². The van der Waals surface area contributed by atoms with Crippen molar-refractivity contribution in [2.24, 2.45) is 28.7 Å². The van der Waals surface area contributed by atoms with E-state index in [1.54, 1.807) is 0 Å². The normalized spacial score (nSPS) is 12.8. The van der Waals surface area contributed by atoms with E-state index in [4.69, 9.17) is 33.4 Å². The predicted octanol–water partition coefficient (Wildman–Crippen LogP) is -1.28. The summed E-state index contributed by atoms with van der Waals surface area (Å²) in [5.41, 5.74) is 27.6. The van der Waals surface area contributed by atoms with Gasteiger partial charge >= 0.3 is 6.09 Å². The maximum absolute atomic E-state index is 12.7. The lowest BCUT2D eigenvalue weighted by Crippen LogP contribution is -2.50. The number of rotatable bonds is 18. The zero-order chi connectivity index (χ0) is 22.8. The number of nitrogens with one attached hydrogen (secondary N) is 1. The van der Waals surface area contributed by atoms with Gasteiger partial charge in [-0.15, -0.1) is 0 Å². The Kier molecular flexibility index (Phi) is 16.7. The summed E-state index contributed by atoms with van der Waals surface area (Å²) in [5, 5.41) is 2.81. The van der Waals surface area contributed by atoms with Gasteiger partial charge in [-0.1, -0.05) is 12.8 Å². The van der Waals surface area contributed by atoms with Crippen molar-refractivity contribution >= 4 is 17.9 Å². The molecule has 0 unspecified atom stereocenters. The Labute approximate surface area is 179 Å². The van der Waals surface area contributed by atoms with Crippen molar-refractivity contribution in [3.05, 3.63) is 0 Å². The monoisotopic (exact) mass is 431 g/mol. The summed E-state index contributed by atoms with van der Waals surface area (Å²) >= 11 is 0. The molecule has 0 aliphatic rings. The number of carbonyl (C=O) groups is 3. The number of hydrogen-bond donors (Lipinski definition) is 6. The molecule has 0 saturated carbocycles. The standard InChI is InChI=1S/C19H41N7O4/c20-9-3-1-7-15(14-30-19(24)29)25-17(27)13-26(12-6-5-11-22)18(28)16(23)8-2-4-10-21/h15-16H,1-14,20-23H2,(H2,24,29)(H,25,27)/t15-,16+/m0/s1. The lowest BCUT2D eigenvalue weighted by Gasteiger charge is -2.26. The van der Waals surface area contributed by atoms with Crippen LogP contribution in [-0.2, 0) is 14.3 Å². The molecular formula is C19H41N7O4. The number of hydrogen-bond acceptors (Lipinski definition) is 8. The van der Waals surface area contributed by atoms with E-state index < -0.39 is 18.2 Å². The first-order valence-electron chi connectivity index (χ1n) is 10.7. The quantitative estimate of drug-likeness (QED) is 0.144. The first-order chi connectivity index (χ1) is 14.3. The van der Waals surface area contributed by atoms with Gasteiger partial charge in [0.05, 0.1) is 18.6 Å². The highest BCUT2D eigenvalue weighted by Gasteiger charge is 2.24. The Balaban J connectivity index is 4.89. The predicted molar refractivity (Wildman–Crippen MR) is 116 cm³/mol. The third kappa shape index (κ3) is 14.1. The summed E-state index contributed by atoms with van der Waals surface area (Å²) in [5.74, 6) is -0.622. The smallest absolute Gasteiger partial charge is 0.404 e. The summed E-state index contributed by atoms with van der Waals surface area (Å²) < 4.78 is 4.83. The molecule has 11 N–H and O–H groups in total. The molecule has 0 heterocycles. The molecule has 2 atom stereocenters. The molecule has 0 aromatic heterocycles. The number of nitrogens with zero attached hydrogens (tertiary/aromatic N) is 1. The SMILES string of the molecule is NCCCC[C@@H](COC(N)=O)NC(=O)CN(CCCCN)C(=O)[C@H](N)CCCCN. The van der Waals surface area contributed by atoms with Crippen LogP contribution in [0.15, 0.2) is 0 Å².